The topological polar surface area (TPSA) is 41.6 Å². The van der Waals surface area contributed by atoms with Crippen molar-refractivity contribution in [3.63, 3.8) is 0 Å². The molecule has 2 aromatic carbocycles. The van der Waals surface area contributed by atoms with Gasteiger partial charge in [-0.05, 0) is 55.1 Å². The first kappa shape index (κ1) is 22.2. The summed E-state index contributed by atoms with van der Waals surface area (Å²) in [5, 5.41) is 3.21. The Morgan fingerprint density at radius 1 is 1.13 bits per heavy atom. The molecule has 0 saturated carbocycles. The maximum absolute atomic E-state index is 12.8. The Bertz CT molecular complexity index is 854. The molecule has 30 heavy (non-hydrogen) atoms. The first-order valence-corrected chi connectivity index (χ1v) is 10.2. The van der Waals surface area contributed by atoms with Crippen LogP contribution < -0.4 is 10.1 Å². The largest absolute Gasteiger partial charge is 0.497 e. The molecule has 0 unspecified atom stereocenters. The van der Waals surface area contributed by atoms with E-state index in [4.69, 9.17) is 4.74 Å². The number of nitrogens with one attached hydrogen (secondary N) is 1. The molecule has 0 spiro atoms. The third-order valence-electron chi connectivity index (χ3n) is 5.47. The third kappa shape index (κ3) is 5.98. The van der Waals surface area contributed by atoms with Gasteiger partial charge in [-0.15, -0.1) is 0 Å². The number of halogens is 3. The third-order valence-corrected chi connectivity index (χ3v) is 5.47. The van der Waals surface area contributed by atoms with Crippen molar-refractivity contribution in [1.29, 1.82) is 0 Å². The summed E-state index contributed by atoms with van der Waals surface area (Å²) < 4.78 is 43.7. The lowest BCUT2D eigenvalue weighted by Crippen LogP contribution is -2.36. The fraction of sp³-hybridized carbons (Fsp3) is 0.435. The van der Waals surface area contributed by atoms with Crippen LogP contribution in [0.15, 0.2) is 48.5 Å². The molecule has 162 valence electrons. The highest BCUT2D eigenvalue weighted by atomic mass is 19.4. The predicted molar refractivity (Wildman–Crippen MR) is 109 cm³/mol. The monoisotopic (exact) mass is 420 g/mol. The predicted octanol–water partition coefficient (Wildman–Crippen LogP) is 4.43. The second-order valence-electron chi connectivity index (χ2n) is 7.54. The molecule has 1 N–H and O–H groups in total. The standard InChI is InChI=1S/C23H27F3N2O2/c1-30-21-7-3-4-17(15-21)11-13-28-20(8-9-22(28)29)10-12-27-16-18-5-2-6-19(14-18)23(24,25)26/h2-7,14-15,20,27H,8-13,16H2,1H3/t20-/m0/s1. The second kappa shape index (κ2) is 9.98. The molecule has 0 aliphatic carbocycles. The van der Waals surface area contributed by atoms with Crippen LogP contribution in [0.1, 0.15) is 36.0 Å². The molecule has 0 radical (unpaired) electrons. The Labute approximate surface area is 175 Å². The molecule has 0 aromatic heterocycles. The van der Waals surface area contributed by atoms with Gasteiger partial charge in [0.05, 0.1) is 12.7 Å². The number of benzene rings is 2. The van der Waals surface area contributed by atoms with Crippen molar-refractivity contribution in [3.05, 3.63) is 65.2 Å². The van der Waals surface area contributed by atoms with Crippen molar-refractivity contribution in [2.75, 3.05) is 20.2 Å². The van der Waals surface area contributed by atoms with Gasteiger partial charge >= 0.3 is 6.18 Å². The van der Waals surface area contributed by atoms with Crippen LogP contribution in [0.3, 0.4) is 0 Å². The number of carbonyl (C=O) groups excluding carboxylic acids is 1. The molecule has 1 amide bonds. The highest BCUT2D eigenvalue weighted by Crippen LogP contribution is 2.29. The first-order chi connectivity index (χ1) is 14.4. The van der Waals surface area contributed by atoms with Gasteiger partial charge in [-0.3, -0.25) is 4.79 Å². The minimum atomic E-state index is -4.33. The van der Waals surface area contributed by atoms with Gasteiger partial charge in [-0.1, -0.05) is 30.3 Å². The van der Waals surface area contributed by atoms with Crippen molar-refractivity contribution < 1.29 is 22.7 Å². The van der Waals surface area contributed by atoms with Gasteiger partial charge in [0, 0.05) is 25.6 Å². The Hall–Kier alpha value is -2.54. The molecule has 1 heterocycles. The summed E-state index contributed by atoms with van der Waals surface area (Å²) in [6.45, 7) is 1.67. The van der Waals surface area contributed by atoms with E-state index in [1.807, 2.05) is 29.2 Å². The zero-order valence-corrected chi connectivity index (χ0v) is 17.0. The van der Waals surface area contributed by atoms with E-state index < -0.39 is 11.7 Å². The highest BCUT2D eigenvalue weighted by molar-refractivity contribution is 5.78. The van der Waals surface area contributed by atoms with Crippen LogP contribution in [-0.4, -0.2) is 37.0 Å². The molecule has 0 bridgehead atoms. The lowest BCUT2D eigenvalue weighted by molar-refractivity contribution is -0.137. The van der Waals surface area contributed by atoms with Crippen molar-refractivity contribution in [2.45, 2.75) is 44.4 Å². The van der Waals surface area contributed by atoms with Crippen LogP contribution in [0.2, 0.25) is 0 Å². The van der Waals surface area contributed by atoms with Crippen molar-refractivity contribution in [1.82, 2.24) is 10.2 Å². The van der Waals surface area contributed by atoms with Gasteiger partial charge in [0.2, 0.25) is 5.91 Å². The van der Waals surface area contributed by atoms with Crippen LogP contribution in [-0.2, 0) is 23.9 Å². The number of likely N-dealkylation sites (tertiary alicyclic amines) is 1. The van der Waals surface area contributed by atoms with E-state index in [0.717, 1.165) is 36.6 Å². The number of hydrogen-bond acceptors (Lipinski definition) is 3. The molecular weight excluding hydrogens is 393 g/mol. The minimum Gasteiger partial charge on any atom is -0.497 e. The molecule has 1 fully saturated rings. The number of carbonyl (C=O) groups is 1. The van der Waals surface area contributed by atoms with Gasteiger partial charge < -0.3 is 15.0 Å². The molecule has 1 atom stereocenters. The quantitative estimate of drug-likeness (QED) is 0.611. The van der Waals surface area contributed by atoms with Crippen LogP contribution in [0, 0.1) is 0 Å². The van der Waals surface area contributed by atoms with Crippen molar-refractivity contribution >= 4 is 5.91 Å². The summed E-state index contributed by atoms with van der Waals surface area (Å²) in [6, 6.07) is 13.4. The summed E-state index contributed by atoms with van der Waals surface area (Å²) in [4.78, 5) is 14.2. The molecule has 1 aliphatic rings. The normalized spacial score (nSPS) is 16.9. The van der Waals surface area contributed by atoms with Crippen LogP contribution in [0.4, 0.5) is 13.2 Å². The van der Waals surface area contributed by atoms with Gasteiger partial charge in [-0.25, -0.2) is 0 Å². The maximum Gasteiger partial charge on any atom is 0.416 e. The number of amides is 1. The first-order valence-electron chi connectivity index (χ1n) is 10.2. The number of ether oxygens (including phenoxy) is 1. The van der Waals surface area contributed by atoms with E-state index in [9.17, 15) is 18.0 Å². The SMILES string of the molecule is COc1cccc(CCN2C(=O)CC[C@H]2CCNCc2cccc(C(F)(F)F)c2)c1. The van der Waals surface area contributed by atoms with E-state index in [1.165, 1.54) is 12.1 Å². The Balaban J connectivity index is 1.47. The van der Waals surface area contributed by atoms with Crippen LogP contribution in [0.5, 0.6) is 5.75 Å². The van der Waals surface area contributed by atoms with Crippen molar-refractivity contribution in [3.8, 4) is 5.75 Å². The van der Waals surface area contributed by atoms with Crippen molar-refractivity contribution in [2.24, 2.45) is 0 Å². The number of nitrogens with zero attached hydrogens (tertiary/aromatic N) is 1. The summed E-state index contributed by atoms with van der Waals surface area (Å²) in [7, 11) is 1.63. The van der Waals surface area contributed by atoms with Gasteiger partial charge in [0.15, 0.2) is 0 Å². The molecule has 1 aliphatic heterocycles. The highest BCUT2D eigenvalue weighted by Gasteiger charge is 2.31. The summed E-state index contributed by atoms with van der Waals surface area (Å²) in [5.41, 5.74) is 1.09. The summed E-state index contributed by atoms with van der Waals surface area (Å²) in [6.07, 6.45) is -1.41. The smallest absolute Gasteiger partial charge is 0.416 e. The minimum absolute atomic E-state index is 0.164. The lowest BCUT2D eigenvalue weighted by Gasteiger charge is -2.25. The fourth-order valence-electron chi connectivity index (χ4n) is 3.84. The van der Waals surface area contributed by atoms with E-state index in [1.54, 1.807) is 13.2 Å². The maximum atomic E-state index is 12.8. The van der Waals surface area contributed by atoms with E-state index in [0.29, 0.717) is 31.6 Å². The average Bonchev–Trinajstić information content (AvgIpc) is 3.09. The number of methoxy groups -OCH3 is 1. The Morgan fingerprint density at radius 2 is 1.90 bits per heavy atom. The molecule has 3 rings (SSSR count). The fourth-order valence-corrected chi connectivity index (χ4v) is 3.84. The zero-order valence-electron chi connectivity index (χ0n) is 17.0. The second-order valence-corrected chi connectivity index (χ2v) is 7.54. The summed E-state index contributed by atoms with van der Waals surface area (Å²) >= 11 is 0. The van der Waals surface area contributed by atoms with Crippen LogP contribution >= 0.6 is 0 Å². The molecular formula is C23H27F3N2O2. The average molecular weight is 420 g/mol. The Kier molecular flexibility index (Phi) is 7.37. The molecule has 7 heteroatoms. The number of hydrogen-bond donors (Lipinski definition) is 1. The van der Waals surface area contributed by atoms with E-state index >= 15 is 0 Å². The number of alkyl halides is 3. The molecule has 4 nitrogen and oxygen atoms in total. The number of rotatable bonds is 9. The summed E-state index contributed by atoms with van der Waals surface area (Å²) in [5.74, 6) is 0.969. The van der Waals surface area contributed by atoms with Gasteiger partial charge in [0.1, 0.15) is 5.75 Å². The van der Waals surface area contributed by atoms with Crippen LogP contribution in [0.25, 0.3) is 0 Å². The molecule has 2 aromatic rings. The Morgan fingerprint density at radius 3 is 2.67 bits per heavy atom. The molecule has 1 saturated heterocycles. The van der Waals surface area contributed by atoms with E-state index in [2.05, 4.69) is 5.32 Å². The lowest BCUT2D eigenvalue weighted by atomic mass is 10.1. The van der Waals surface area contributed by atoms with Gasteiger partial charge in [0.25, 0.3) is 0 Å². The van der Waals surface area contributed by atoms with E-state index in [-0.39, 0.29) is 11.9 Å². The van der Waals surface area contributed by atoms with Gasteiger partial charge in [-0.2, -0.15) is 13.2 Å². The zero-order chi connectivity index (χ0) is 21.6.